The molecule has 2 aromatic rings. The minimum Gasteiger partial charge on any atom is -0.504 e. The number of halogens is 1. The zero-order valence-electron chi connectivity index (χ0n) is 17.9. The minimum atomic E-state index is -1.11. The first-order chi connectivity index (χ1) is 15.1. The van der Waals surface area contributed by atoms with Crippen LogP contribution in [0, 0.1) is 0 Å². The Morgan fingerprint density at radius 3 is 2.15 bits per heavy atom. The maximum Gasteiger partial charge on any atom is 0.412 e. The van der Waals surface area contributed by atoms with Gasteiger partial charge < -0.3 is 41.2 Å². The fourth-order valence-corrected chi connectivity index (χ4v) is 2.81. The molecule has 0 fully saturated rings. The zero-order chi connectivity index (χ0) is 23.8. The van der Waals surface area contributed by atoms with Gasteiger partial charge in [0, 0.05) is 13.5 Å². The smallest absolute Gasteiger partial charge is 0.412 e. The molecule has 12 heteroatoms. The number of esters is 1. The Morgan fingerprint density at radius 1 is 0.970 bits per heavy atom. The Hall–Kier alpha value is -3.70. The molecule has 2 amide bonds. The molecule has 0 aliphatic rings. The van der Waals surface area contributed by atoms with Gasteiger partial charge in [-0.05, 0) is 41.8 Å². The number of phenolic OH excluding ortho intramolecular Hbond substituents is 3. The molecule has 0 bridgehead atoms. The van der Waals surface area contributed by atoms with Gasteiger partial charge in [0.25, 0.3) is 0 Å². The van der Waals surface area contributed by atoms with E-state index in [1.807, 2.05) is 0 Å². The highest BCUT2D eigenvalue weighted by molar-refractivity contribution is 5.87. The molecule has 0 aliphatic carbocycles. The lowest BCUT2D eigenvalue weighted by Gasteiger charge is -2.20. The van der Waals surface area contributed by atoms with E-state index in [4.69, 9.17) is 15.2 Å². The molecule has 0 radical (unpaired) electrons. The topological polar surface area (TPSA) is 180 Å². The summed E-state index contributed by atoms with van der Waals surface area (Å²) in [7, 11) is 2.52. The quantitative estimate of drug-likeness (QED) is 0.233. The molecule has 0 aromatic heterocycles. The standard InChI is InChI=1S/C21H25N3O8.ClH/c1-23-21(30)32-18-10-12(4-6-16(18)26)8-14(20(29)31-2)24-19(28)13(22)7-11-3-5-15(25)17(27)9-11;/h3-6,9-10,13-14,25-27H,7-8,22H2,1-2H3,(H,23,30)(H,24,28);1H/t13-,14-;/m0./s1. The van der Waals surface area contributed by atoms with Crippen LogP contribution in [0.3, 0.4) is 0 Å². The summed E-state index contributed by atoms with van der Waals surface area (Å²) in [4.78, 5) is 36.2. The third-order valence-corrected chi connectivity index (χ3v) is 4.51. The lowest BCUT2D eigenvalue weighted by molar-refractivity contribution is -0.145. The van der Waals surface area contributed by atoms with Crippen LogP contribution in [-0.2, 0) is 27.2 Å². The third-order valence-electron chi connectivity index (χ3n) is 4.51. The average molecular weight is 484 g/mol. The normalized spacial score (nSPS) is 12.0. The number of methoxy groups -OCH3 is 1. The Labute approximate surface area is 195 Å². The van der Waals surface area contributed by atoms with Crippen molar-refractivity contribution in [2.24, 2.45) is 5.73 Å². The van der Waals surface area contributed by atoms with Crippen molar-refractivity contribution in [3.05, 3.63) is 47.5 Å². The van der Waals surface area contributed by atoms with Gasteiger partial charge in [-0.15, -0.1) is 12.4 Å². The van der Waals surface area contributed by atoms with Crippen molar-refractivity contribution in [3.63, 3.8) is 0 Å². The fraction of sp³-hybridized carbons (Fsp3) is 0.286. The van der Waals surface area contributed by atoms with Crippen LogP contribution in [0.2, 0.25) is 0 Å². The van der Waals surface area contributed by atoms with Crippen LogP contribution in [0.5, 0.6) is 23.0 Å². The largest absolute Gasteiger partial charge is 0.504 e. The number of amides is 2. The first-order valence-corrected chi connectivity index (χ1v) is 9.50. The number of aromatic hydroxyl groups is 3. The lowest BCUT2D eigenvalue weighted by Crippen LogP contribution is -2.50. The summed E-state index contributed by atoms with van der Waals surface area (Å²) in [5.41, 5.74) is 6.90. The molecule has 0 unspecified atom stereocenters. The molecule has 2 aromatic carbocycles. The van der Waals surface area contributed by atoms with Gasteiger partial charge in [0.05, 0.1) is 13.2 Å². The van der Waals surface area contributed by atoms with Gasteiger partial charge in [-0.1, -0.05) is 12.1 Å². The lowest BCUT2D eigenvalue weighted by atomic mass is 10.0. The molecule has 0 saturated heterocycles. The Kier molecular flexibility index (Phi) is 10.2. The van der Waals surface area contributed by atoms with Crippen LogP contribution in [-0.4, -0.2) is 59.5 Å². The molecule has 0 saturated carbocycles. The molecule has 180 valence electrons. The maximum absolute atomic E-state index is 12.6. The number of hydrogen-bond donors (Lipinski definition) is 6. The minimum absolute atomic E-state index is 0. The monoisotopic (exact) mass is 483 g/mol. The number of nitrogens with two attached hydrogens (primary N) is 1. The van der Waals surface area contributed by atoms with E-state index in [-0.39, 0.29) is 48.2 Å². The van der Waals surface area contributed by atoms with Crippen molar-refractivity contribution in [3.8, 4) is 23.0 Å². The highest BCUT2D eigenvalue weighted by atomic mass is 35.5. The highest BCUT2D eigenvalue weighted by Gasteiger charge is 2.25. The summed E-state index contributed by atoms with van der Waals surface area (Å²) in [6.45, 7) is 0. The zero-order valence-corrected chi connectivity index (χ0v) is 18.7. The first kappa shape index (κ1) is 27.3. The van der Waals surface area contributed by atoms with Crippen molar-refractivity contribution < 1.29 is 39.2 Å². The molecule has 7 N–H and O–H groups in total. The van der Waals surface area contributed by atoms with Crippen molar-refractivity contribution in [2.45, 2.75) is 24.9 Å². The third kappa shape index (κ3) is 7.74. The van der Waals surface area contributed by atoms with E-state index < -0.39 is 30.1 Å². The van der Waals surface area contributed by atoms with Gasteiger partial charge in [-0.3, -0.25) is 4.79 Å². The summed E-state index contributed by atoms with van der Waals surface area (Å²) in [5, 5.41) is 33.6. The number of nitrogens with one attached hydrogen (secondary N) is 2. The first-order valence-electron chi connectivity index (χ1n) is 9.50. The van der Waals surface area contributed by atoms with Gasteiger partial charge in [-0.2, -0.15) is 0 Å². The fourth-order valence-electron chi connectivity index (χ4n) is 2.81. The molecule has 2 rings (SSSR count). The second kappa shape index (κ2) is 12.4. The van der Waals surface area contributed by atoms with E-state index >= 15 is 0 Å². The molecule has 33 heavy (non-hydrogen) atoms. The maximum atomic E-state index is 12.6. The molecule has 0 heterocycles. The van der Waals surface area contributed by atoms with Crippen LogP contribution >= 0.6 is 12.4 Å². The van der Waals surface area contributed by atoms with Gasteiger partial charge >= 0.3 is 12.1 Å². The molecule has 2 atom stereocenters. The number of ether oxygens (including phenoxy) is 2. The average Bonchev–Trinajstić information content (AvgIpc) is 2.77. The molecular weight excluding hydrogens is 458 g/mol. The summed E-state index contributed by atoms with van der Waals surface area (Å²) < 4.78 is 9.69. The van der Waals surface area contributed by atoms with Crippen LogP contribution in [0.1, 0.15) is 11.1 Å². The number of carbonyl (C=O) groups is 3. The molecule has 11 nitrogen and oxygen atoms in total. The van der Waals surface area contributed by atoms with E-state index in [0.717, 1.165) is 7.11 Å². The summed E-state index contributed by atoms with van der Waals surface area (Å²) >= 11 is 0. The number of carbonyl (C=O) groups excluding carboxylic acids is 3. The Bertz CT molecular complexity index is 1000. The van der Waals surface area contributed by atoms with E-state index in [1.54, 1.807) is 0 Å². The van der Waals surface area contributed by atoms with Crippen LogP contribution in [0.15, 0.2) is 36.4 Å². The molecular formula is C21H26ClN3O8. The van der Waals surface area contributed by atoms with Gasteiger partial charge in [0.2, 0.25) is 5.91 Å². The SMILES string of the molecule is CNC(=O)Oc1cc(C[C@H](NC(=O)[C@@H](N)Cc2ccc(O)c(O)c2)C(=O)OC)ccc1O.Cl. The number of rotatable bonds is 8. The Morgan fingerprint density at radius 2 is 1.58 bits per heavy atom. The predicted molar refractivity (Wildman–Crippen MR) is 120 cm³/mol. The predicted octanol–water partition coefficient (Wildman–Crippen LogP) is 0.714. The van der Waals surface area contributed by atoms with Crippen molar-refractivity contribution >= 4 is 30.4 Å². The van der Waals surface area contributed by atoms with E-state index in [0.29, 0.717) is 11.1 Å². The van der Waals surface area contributed by atoms with Crippen molar-refractivity contribution in [1.29, 1.82) is 0 Å². The second-order valence-electron chi connectivity index (χ2n) is 6.86. The van der Waals surface area contributed by atoms with Gasteiger partial charge in [-0.25, -0.2) is 9.59 Å². The number of hydrogen-bond acceptors (Lipinski definition) is 9. The summed E-state index contributed by atoms with van der Waals surface area (Å²) in [6.07, 6.45) is -0.784. The summed E-state index contributed by atoms with van der Waals surface area (Å²) in [5.74, 6) is -2.42. The van der Waals surface area contributed by atoms with Crippen molar-refractivity contribution in [2.75, 3.05) is 14.2 Å². The van der Waals surface area contributed by atoms with E-state index in [9.17, 15) is 29.7 Å². The second-order valence-corrected chi connectivity index (χ2v) is 6.86. The van der Waals surface area contributed by atoms with E-state index in [1.165, 1.54) is 43.4 Å². The Balaban J connectivity index is 0.00000544. The van der Waals surface area contributed by atoms with Crippen LogP contribution < -0.4 is 21.1 Å². The van der Waals surface area contributed by atoms with Gasteiger partial charge in [0.15, 0.2) is 23.0 Å². The van der Waals surface area contributed by atoms with Crippen LogP contribution in [0.4, 0.5) is 4.79 Å². The van der Waals surface area contributed by atoms with E-state index in [2.05, 4.69) is 10.6 Å². The number of phenols is 3. The molecule has 0 aliphatic heterocycles. The van der Waals surface area contributed by atoms with Gasteiger partial charge in [0.1, 0.15) is 6.04 Å². The van der Waals surface area contributed by atoms with Crippen molar-refractivity contribution in [1.82, 2.24) is 10.6 Å². The highest BCUT2D eigenvalue weighted by Crippen LogP contribution is 2.28. The molecule has 0 spiro atoms. The van der Waals surface area contributed by atoms with Crippen LogP contribution in [0.25, 0.3) is 0 Å². The number of benzene rings is 2. The summed E-state index contributed by atoms with van der Waals surface area (Å²) in [6, 6.07) is 6.03.